The second-order valence-electron chi connectivity index (χ2n) is 8.84. The highest BCUT2D eigenvalue weighted by molar-refractivity contribution is 5.98. The van der Waals surface area contributed by atoms with Gasteiger partial charge < -0.3 is 14.8 Å². The highest BCUT2D eigenvalue weighted by Gasteiger charge is 2.44. The average molecular weight is 464 g/mol. The van der Waals surface area contributed by atoms with Crippen molar-refractivity contribution in [1.29, 1.82) is 0 Å². The molecule has 174 valence electrons. The van der Waals surface area contributed by atoms with E-state index in [1.165, 1.54) is 12.1 Å². The first-order valence-electron chi connectivity index (χ1n) is 10.7. The van der Waals surface area contributed by atoms with Crippen LogP contribution < -0.4 is 14.8 Å². The van der Waals surface area contributed by atoms with E-state index in [1.807, 2.05) is 38.1 Å². The molecule has 2 aromatic carbocycles. The number of ether oxygens (including phenoxy) is 2. The number of rotatable bonds is 4. The Bertz CT molecular complexity index is 1450. The molecule has 1 amide bonds. The molecule has 0 spiro atoms. The fraction of sp³-hybridized carbons (Fsp3) is 0.240. The summed E-state index contributed by atoms with van der Waals surface area (Å²) in [5, 5.41) is 11.1. The normalized spacial score (nSPS) is 14.4. The number of hydrogen-bond acceptors (Lipinski definition) is 5. The Balaban J connectivity index is 1.42. The van der Waals surface area contributed by atoms with Crippen molar-refractivity contribution < 1.29 is 23.0 Å². The van der Waals surface area contributed by atoms with Crippen molar-refractivity contribution in [3.05, 3.63) is 65.4 Å². The van der Waals surface area contributed by atoms with E-state index in [4.69, 9.17) is 0 Å². The third-order valence-electron chi connectivity index (χ3n) is 6.06. The van der Waals surface area contributed by atoms with E-state index in [1.54, 1.807) is 26.0 Å². The molecule has 3 heterocycles. The largest absolute Gasteiger partial charge is 0.586 e. The Kier molecular flexibility index (Phi) is 4.82. The Morgan fingerprint density at radius 1 is 1.03 bits per heavy atom. The first-order valence-corrected chi connectivity index (χ1v) is 10.7. The number of halogens is 2. The van der Waals surface area contributed by atoms with E-state index in [-0.39, 0.29) is 17.4 Å². The van der Waals surface area contributed by atoms with Crippen molar-refractivity contribution in [2.24, 2.45) is 0 Å². The zero-order valence-corrected chi connectivity index (χ0v) is 19.0. The fourth-order valence-electron chi connectivity index (χ4n) is 3.92. The van der Waals surface area contributed by atoms with Crippen LogP contribution in [0, 0.1) is 13.8 Å². The smallest absolute Gasteiger partial charge is 0.395 e. The lowest BCUT2D eigenvalue weighted by molar-refractivity contribution is -0.286. The minimum absolute atomic E-state index is 0.0698. The quantitative estimate of drug-likeness (QED) is 0.418. The predicted molar refractivity (Wildman–Crippen MR) is 123 cm³/mol. The first-order chi connectivity index (χ1) is 16.0. The monoisotopic (exact) mass is 464 g/mol. The molecule has 0 bridgehead atoms. The van der Waals surface area contributed by atoms with Gasteiger partial charge in [0, 0.05) is 10.9 Å². The summed E-state index contributed by atoms with van der Waals surface area (Å²) in [6, 6.07) is 13.9. The summed E-state index contributed by atoms with van der Waals surface area (Å²) >= 11 is 0. The van der Waals surface area contributed by atoms with Crippen LogP contribution in [0.4, 0.5) is 14.6 Å². The standard InChI is InChI=1S/C25H22F2N4O3/c1-13-5-10-21(28-22(13)15-6-8-18-17(11-15)14(2)30-31-18)29-23(32)24(3,4)16-7-9-19-20(12-16)34-25(26,27)33-19/h5-12H,1-4H3,(H,30,31)(H,28,29,32). The second-order valence-corrected chi connectivity index (χ2v) is 8.84. The van der Waals surface area contributed by atoms with Crippen molar-refractivity contribution in [1.82, 2.24) is 15.2 Å². The Morgan fingerprint density at radius 3 is 2.59 bits per heavy atom. The number of aryl methyl sites for hydroxylation is 2. The molecule has 0 saturated heterocycles. The fourth-order valence-corrected chi connectivity index (χ4v) is 3.92. The van der Waals surface area contributed by atoms with Gasteiger partial charge in [-0.15, -0.1) is 8.78 Å². The molecule has 9 heteroatoms. The van der Waals surface area contributed by atoms with Gasteiger partial charge in [-0.3, -0.25) is 9.89 Å². The number of aromatic nitrogens is 3. The minimum atomic E-state index is -3.71. The molecule has 0 fully saturated rings. The summed E-state index contributed by atoms with van der Waals surface area (Å²) in [4.78, 5) is 17.9. The molecule has 34 heavy (non-hydrogen) atoms. The molecule has 0 atom stereocenters. The molecule has 2 N–H and O–H groups in total. The maximum absolute atomic E-state index is 13.4. The van der Waals surface area contributed by atoms with Crippen LogP contribution >= 0.6 is 0 Å². The van der Waals surface area contributed by atoms with Gasteiger partial charge in [0.25, 0.3) is 0 Å². The minimum Gasteiger partial charge on any atom is -0.395 e. The molecule has 0 unspecified atom stereocenters. The summed E-state index contributed by atoms with van der Waals surface area (Å²) in [5.74, 6) is -0.139. The zero-order valence-electron chi connectivity index (χ0n) is 19.0. The van der Waals surface area contributed by atoms with Crippen LogP contribution in [0.2, 0.25) is 0 Å². The van der Waals surface area contributed by atoms with Crippen molar-refractivity contribution in [2.45, 2.75) is 39.4 Å². The number of nitrogens with one attached hydrogen (secondary N) is 2. The third kappa shape index (κ3) is 3.72. The van der Waals surface area contributed by atoms with Gasteiger partial charge in [-0.25, -0.2) is 4.98 Å². The maximum atomic E-state index is 13.4. The van der Waals surface area contributed by atoms with Crippen molar-refractivity contribution in [3.8, 4) is 22.8 Å². The molecule has 2 aromatic heterocycles. The highest BCUT2D eigenvalue weighted by atomic mass is 19.3. The predicted octanol–water partition coefficient (Wildman–Crippen LogP) is 5.48. The Hall–Kier alpha value is -4.01. The maximum Gasteiger partial charge on any atom is 0.586 e. The van der Waals surface area contributed by atoms with Gasteiger partial charge >= 0.3 is 6.29 Å². The van der Waals surface area contributed by atoms with E-state index >= 15 is 0 Å². The van der Waals surface area contributed by atoms with Crippen LogP contribution in [0.1, 0.15) is 30.7 Å². The van der Waals surface area contributed by atoms with Crippen LogP contribution in [-0.2, 0) is 10.2 Å². The van der Waals surface area contributed by atoms with Gasteiger partial charge in [0.2, 0.25) is 5.91 Å². The number of pyridine rings is 1. The number of hydrogen-bond donors (Lipinski definition) is 2. The average Bonchev–Trinajstić information content (AvgIpc) is 3.31. The molecule has 4 aromatic rings. The summed E-state index contributed by atoms with van der Waals surface area (Å²) in [6.07, 6.45) is -3.71. The molecular weight excluding hydrogens is 442 g/mol. The zero-order chi connectivity index (χ0) is 24.3. The Morgan fingerprint density at radius 2 is 1.79 bits per heavy atom. The first kappa shape index (κ1) is 21.8. The molecule has 0 saturated carbocycles. The number of carbonyl (C=O) groups is 1. The third-order valence-corrected chi connectivity index (χ3v) is 6.06. The molecular formula is C25H22F2N4O3. The molecule has 5 rings (SSSR count). The summed E-state index contributed by atoms with van der Waals surface area (Å²) in [5.41, 5.74) is 3.86. The van der Waals surface area contributed by atoms with E-state index in [9.17, 15) is 13.6 Å². The summed E-state index contributed by atoms with van der Waals surface area (Å²) in [6.45, 7) is 7.27. The number of benzene rings is 2. The number of nitrogens with zero attached hydrogens (tertiary/aromatic N) is 2. The van der Waals surface area contributed by atoms with Gasteiger partial charge in [-0.1, -0.05) is 18.2 Å². The van der Waals surface area contributed by atoms with Gasteiger partial charge in [0.15, 0.2) is 11.5 Å². The number of amides is 1. The van der Waals surface area contributed by atoms with Crippen molar-refractivity contribution >= 4 is 22.6 Å². The topological polar surface area (TPSA) is 89.1 Å². The summed E-state index contributed by atoms with van der Waals surface area (Å²) in [7, 11) is 0. The van der Waals surface area contributed by atoms with E-state index in [0.29, 0.717) is 11.4 Å². The number of H-pyrrole nitrogens is 1. The molecule has 0 radical (unpaired) electrons. The van der Waals surface area contributed by atoms with Gasteiger partial charge in [0.1, 0.15) is 5.82 Å². The van der Waals surface area contributed by atoms with E-state index in [0.717, 1.165) is 33.4 Å². The molecule has 7 nitrogen and oxygen atoms in total. The highest BCUT2D eigenvalue weighted by Crippen LogP contribution is 2.43. The van der Waals surface area contributed by atoms with Crippen molar-refractivity contribution in [3.63, 3.8) is 0 Å². The van der Waals surface area contributed by atoms with Crippen LogP contribution in [0.3, 0.4) is 0 Å². The number of fused-ring (bicyclic) bond motifs is 2. The number of aromatic amines is 1. The van der Waals surface area contributed by atoms with Crippen LogP contribution in [-0.4, -0.2) is 27.4 Å². The SMILES string of the molecule is Cc1ccc(NC(=O)C(C)(C)c2ccc3c(c2)OC(F)(F)O3)nc1-c1ccc2[nH]nc(C)c2c1. The lowest BCUT2D eigenvalue weighted by Crippen LogP contribution is -2.35. The van der Waals surface area contributed by atoms with Crippen LogP contribution in [0.15, 0.2) is 48.5 Å². The number of anilines is 1. The molecule has 1 aliphatic rings. The second kappa shape index (κ2) is 7.51. The molecule has 0 aliphatic carbocycles. The van der Waals surface area contributed by atoms with Crippen LogP contribution in [0.5, 0.6) is 11.5 Å². The van der Waals surface area contributed by atoms with Crippen molar-refractivity contribution in [2.75, 3.05) is 5.32 Å². The lowest BCUT2D eigenvalue weighted by atomic mass is 9.83. The number of alkyl halides is 2. The summed E-state index contributed by atoms with van der Waals surface area (Å²) < 4.78 is 35.7. The van der Waals surface area contributed by atoms with Gasteiger partial charge in [-0.2, -0.15) is 5.10 Å². The van der Waals surface area contributed by atoms with E-state index < -0.39 is 11.7 Å². The lowest BCUT2D eigenvalue weighted by Gasteiger charge is -2.24. The number of carbonyl (C=O) groups excluding carboxylic acids is 1. The van der Waals surface area contributed by atoms with Crippen LogP contribution in [0.25, 0.3) is 22.2 Å². The molecule has 1 aliphatic heterocycles. The van der Waals surface area contributed by atoms with E-state index in [2.05, 4.69) is 30.0 Å². The van der Waals surface area contributed by atoms with Gasteiger partial charge in [0.05, 0.1) is 22.3 Å². The Labute approximate surface area is 194 Å². The van der Waals surface area contributed by atoms with Gasteiger partial charge in [-0.05, 0) is 69.2 Å².